The fourth-order valence-corrected chi connectivity index (χ4v) is 1.63. The lowest BCUT2D eigenvalue weighted by molar-refractivity contribution is -0.139. The molecule has 0 atom stereocenters. The zero-order valence-corrected chi connectivity index (χ0v) is 7.18. The van der Waals surface area contributed by atoms with Crippen molar-refractivity contribution in [1.82, 2.24) is 5.32 Å². The molecule has 0 spiro atoms. The highest BCUT2D eigenvalue weighted by atomic mass is 16.3. The average molecular weight is 169 g/mol. The van der Waals surface area contributed by atoms with E-state index < -0.39 is 5.41 Å². The Labute approximate surface area is 72.2 Å². The van der Waals surface area contributed by atoms with E-state index in [1.54, 1.807) is 0 Å². The van der Waals surface area contributed by atoms with Crippen molar-refractivity contribution >= 4 is 5.91 Å². The van der Waals surface area contributed by atoms with Crippen LogP contribution in [0, 0.1) is 5.41 Å². The number of nitrogens with one attached hydrogen (secondary N) is 1. The molecule has 0 saturated heterocycles. The summed E-state index contributed by atoms with van der Waals surface area (Å²) in [4.78, 5) is 11.6. The molecular formula is C9H15NO2. The van der Waals surface area contributed by atoms with Gasteiger partial charge in [0.25, 0.3) is 0 Å². The van der Waals surface area contributed by atoms with Gasteiger partial charge in [0.15, 0.2) is 0 Å². The molecular weight excluding hydrogens is 154 g/mol. The van der Waals surface area contributed by atoms with Gasteiger partial charge in [0.2, 0.25) is 5.91 Å². The first-order valence-electron chi connectivity index (χ1n) is 4.69. The van der Waals surface area contributed by atoms with Crippen LogP contribution in [0.4, 0.5) is 0 Å². The highest BCUT2D eigenvalue weighted by molar-refractivity contribution is 5.84. The minimum absolute atomic E-state index is 0.0194. The molecule has 0 unspecified atom stereocenters. The van der Waals surface area contributed by atoms with Gasteiger partial charge in [0.05, 0.1) is 12.0 Å². The Morgan fingerprint density at radius 1 is 1.50 bits per heavy atom. The molecule has 2 aliphatic rings. The highest BCUT2D eigenvalue weighted by Crippen LogP contribution is 2.41. The Hall–Kier alpha value is -0.570. The molecule has 2 saturated carbocycles. The van der Waals surface area contributed by atoms with Crippen molar-refractivity contribution in [3.63, 3.8) is 0 Å². The summed E-state index contributed by atoms with van der Waals surface area (Å²) in [5.74, 6) is 0.0822. The van der Waals surface area contributed by atoms with E-state index in [0.29, 0.717) is 6.04 Å². The van der Waals surface area contributed by atoms with Crippen molar-refractivity contribution < 1.29 is 9.90 Å². The van der Waals surface area contributed by atoms with E-state index in [1.165, 1.54) is 0 Å². The first kappa shape index (κ1) is 8.05. The van der Waals surface area contributed by atoms with Crippen molar-refractivity contribution in [3.8, 4) is 0 Å². The monoisotopic (exact) mass is 169 g/mol. The molecule has 0 aromatic rings. The summed E-state index contributed by atoms with van der Waals surface area (Å²) < 4.78 is 0. The van der Waals surface area contributed by atoms with Gasteiger partial charge >= 0.3 is 0 Å². The summed E-state index contributed by atoms with van der Waals surface area (Å²) >= 11 is 0. The average Bonchev–Trinajstić information content (AvgIpc) is 2.70. The lowest BCUT2D eigenvalue weighted by Crippen LogP contribution is -2.48. The first-order valence-corrected chi connectivity index (χ1v) is 4.69. The second kappa shape index (κ2) is 2.73. The fraction of sp³-hybridized carbons (Fsp3) is 0.889. The number of aliphatic hydroxyl groups excluding tert-OH is 1. The summed E-state index contributed by atoms with van der Waals surface area (Å²) in [6.07, 6.45) is 5.04. The number of carbonyl (C=O) groups is 1. The number of carbonyl (C=O) groups excluding carboxylic acids is 1. The third kappa shape index (κ3) is 1.22. The molecule has 0 aromatic carbocycles. The predicted molar refractivity (Wildman–Crippen MR) is 44.5 cm³/mol. The van der Waals surface area contributed by atoms with Crippen molar-refractivity contribution in [2.24, 2.45) is 5.41 Å². The smallest absolute Gasteiger partial charge is 0.228 e. The zero-order valence-electron chi connectivity index (χ0n) is 7.18. The van der Waals surface area contributed by atoms with Crippen molar-refractivity contribution in [2.45, 2.75) is 38.1 Å². The summed E-state index contributed by atoms with van der Waals surface area (Å²) in [6.45, 7) is 0.0194. The zero-order chi connectivity index (χ0) is 8.60. The van der Waals surface area contributed by atoms with Gasteiger partial charge in [-0.2, -0.15) is 0 Å². The van der Waals surface area contributed by atoms with Gasteiger partial charge in [-0.05, 0) is 25.7 Å². The van der Waals surface area contributed by atoms with Crippen LogP contribution in [0.1, 0.15) is 32.1 Å². The molecule has 1 amide bonds. The Bertz CT molecular complexity index is 189. The summed E-state index contributed by atoms with van der Waals surface area (Å²) in [5.41, 5.74) is -0.400. The molecule has 3 nitrogen and oxygen atoms in total. The van der Waals surface area contributed by atoms with E-state index in [0.717, 1.165) is 32.1 Å². The van der Waals surface area contributed by atoms with Gasteiger partial charge in [-0.3, -0.25) is 4.79 Å². The number of hydrogen-bond donors (Lipinski definition) is 2. The van der Waals surface area contributed by atoms with Crippen molar-refractivity contribution in [2.75, 3.05) is 6.61 Å². The molecule has 0 bridgehead atoms. The van der Waals surface area contributed by atoms with E-state index >= 15 is 0 Å². The van der Waals surface area contributed by atoms with Gasteiger partial charge in [0, 0.05) is 6.04 Å². The molecule has 2 fully saturated rings. The van der Waals surface area contributed by atoms with Gasteiger partial charge in [-0.25, -0.2) is 0 Å². The predicted octanol–water partition coefficient (Wildman–Crippen LogP) is 0.428. The normalized spacial score (nSPS) is 26.1. The molecule has 12 heavy (non-hydrogen) atoms. The highest BCUT2D eigenvalue weighted by Gasteiger charge is 2.44. The number of hydrogen-bond acceptors (Lipinski definition) is 2. The van der Waals surface area contributed by atoms with Crippen molar-refractivity contribution in [1.29, 1.82) is 0 Å². The maximum atomic E-state index is 11.6. The maximum Gasteiger partial charge on any atom is 0.228 e. The summed E-state index contributed by atoms with van der Waals surface area (Å²) in [7, 11) is 0. The van der Waals surface area contributed by atoms with Crippen LogP contribution in [0.3, 0.4) is 0 Å². The lowest BCUT2D eigenvalue weighted by Gasteiger charge is -2.38. The van der Waals surface area contributed by atoms with Gasteiger partial charge < -0.3 is 10.4 Å². The molecule has 2 rings (SSSR count). The van der Waals surface area contributed by atoms with Crippen LogP contribution < -0.4 is 5.32 Å². The number of aliphatic hydroxyl groups is 1. The lowest BCUT2D eigenvalue weighted by atomic mass is 9.68. The second-order valence-corrected chi connectivity index (χ2v) is 4.04. The molecule has 0 radical (unpaired) electrons. The summed E-state index contributed by atoms with van der Waals surface area (Å²) in [6, 6.07) is 0.418. The Kier molecular flexibility index (Phi) is 1.83. The van der Waals surface area contributed by atoms with E-state index in [9.17, 15) is 4.79 Å². The Morgan fingerprint density at radius 3 is 2.50 bits per heavy atom. The molecule has 0 aromatic heterocycles. The summed E-state index contributed by atoms with van der Waals surface area (Å²) in [5, 5.41) is 12.0. The maximum absolute atomic E-state index is 11.6. The minimum atomic E-state index is -0.400. The molecule has 3 heteroatoms. The molecule has 2 N–H and O–H groups in total. The number of amides is 1. The van der Waals surface area contributed by atoms with Gasteiger partial charge in [-0.1, -0.05) is 6.42 Å². The van der Waals surface area contributed by atoms with E-state index in [2.05, 4.69) is 5.32 Å². The Balaban J connectivity index is 1.90. The molecule has 2 aliphatic carbocycles. The largest absolute Gasteiger partial charge is 0.395 e. The van der Waals surface area contributed by atoms with Crippen LogP contribution >= 0.6 is 0 Å². The van der Waals surface area contributed by atoms with E-state index in [1.807, 2.05) is 0 Å². The standard InChI is InChI=1S/C9H15NO2/c11-6-9(4-1-5-9)8(12)10-7-2-3-7/h7,11H,1-6H2,(H,10,12). The quantitative estimate of drug-likeness (QED) is 0.643. The van der Waals surface area contributed by atoms with Crippen LogP contribution in [0.25, 0.3) is 0 Å². The Morgan fingerprint density at radius 2 is 2.17 bits per heavy atom. The van der Waals surface area contributed by atoms with Crippen LogP contribution in [-0.4, -0.2) is 23.7 Å². The topological polar surface area (TPSA) is 49.3 Å². The third-order valence-corrected chi connectivity index (χ3v) is 3.01. The fourth-order valence-electron chi connectivity index (χ4n) is 1.63. The number of rotatable bonds is 3. The van der Waals surface area contributed by atoms with Crippen LogP contribution in [0.2, 0.25) is 0 Å². The van der Waals surface area contributed by atoms with Crippen LogP contribution in [-0.2, 0) is 4.79 Å². The molecule has 0 heterocycles. The van der Waals surface area contributed by atoms with Crippen LogP contribution in [0.5, 0.6) is 0 Å². The van der Waals surface area contributed by atoms with E-state index in [-0.39, 0.29) is 12.5 Å². The molecule has 0 aliphatic heterocycles. The van der Waals surface area contributed by atoms with Gasteiger partial charge in [0.1, 0.15) is 0 Å². The minimum Gasteiger partial charge on any atom is -0.395 e. The first-order chi connectivity index (χ1) is 5.77. The van der Waals surface area contributed by atoms with Gasteiger partial charge in [-0.15, -0.1) is 0 Å². The van der Waals surface area contributed by atoms with Crippen molar-refractivity contribution in [3.05, 3.63) is 0 Å². The SMILES string of the molecule is O=C(NC1CC1)C1(CO)CCC1. The second-order valence-electron chi connectivity index (χ2n) is 4.04. The van der Waals surface area contributed by atoms with E-state index in [4.69, 9.17) is 5.11 Å². The third-order valence-electron chi connectivity index (χ3n) is 3.01. The van der Waals surface area contributed by atoms with Crippen LogP contribution in [0.15, 0.2) is 0 Å². The molecule has 68 valence electrons.